The van der Waals surface area contributed by atoms with Crippen LogP contribution in [-0.2, 0) is 0 Å². The van der Waals surface area contributed by atoms with E-state index >= 15 is 0 Å². The molecule has 15 rings (SSSR count). The summed E-state index contributed by atoms with van der Waals surface area (Å²) in [4.78, 5) is 15.5. The minimum absolute atomic E-state index is 0.604. The molecule has 0 saturated carbocycles. The lowest BCUT2D eigenvalue weighted by atomic mass is 9.97. The molecule has 350 valence electrons. The van der Waals surface area contributed by atoms with E-state index in [9.17, 15) is 0 Å². The SMILES string of the molecule is c1ccc(-c2nc(-c3ccccc3)nc(-c3ccc(-n4c5ccccc5c5ccccc54)c(-c4ccc5c(c4)c4cc(-c6ccc7c8ccccc8n(-c8ccccc8)c7c6)ccc4n5-c4ccccc4)c3)n2)cc1. The average Bonchev–Trinajstić information content (AvgIpc) is 4.13. The first-order valence-electron chi connectivity index (χ1n) is 25.4. The summed E-state index contributed by atoms with van der Waals surface area (Å²) in [6.07, 6.45) is 0. The molecule has 0 fully saturated rings. The summed E-state index contributed by atoms with van der Waals surface area (Å²) >= 11 is 0. The van der Waals surface area contributed by atoms with Gasteiger partial charge in [-0.1, -0.05) is 176 Å². The van der Waals surface area contributed by atoms with E-state index in [-0.39, 0.29) is 0 Å². The minimum Gasteiger partial charge on any atom is -0.309 e. The van der Waals surface area contributed by atoms with Gasteiger partial charge in [0.2, 0.25) is 0 Å². The van der Waals surface area contributed by atoms with Gasteiger partial charge < -0.3 is 13.7 Å². The lowest BCUT2D eigenvalue weighted by Gasteiger charge is -2.16. The average molecular weight is 957 g/mol. The molecule has 4 aromatic heterocycles. The number of hydrogen-bond donors (Lipinski definition) is 0. The van der Waals surface area contributed by atoms with E-state index in [0.29, 0.717) is 17.5 Å². The smallest absolute Gasteiger partial charge is 0.164 e. The molecule has 0 aliphatic carbocycles. The lowest BCUT2D eigenvalue weighted by molar-refractivity contribution is 1.07. The van der Waals surface area contributed by atoms with E-state index in [1.54, 1.807) is 0 Å². The zero-order chi connectivity index (χ0) is 49.4. The van der Waals surface area contributed by atoms with Gasteiger partial charge in [-0.2, -0.15) is 0 Å². The molecule has 0 aliphatic heterocycles. The van der Waals surface area contributed by atoms with Crippen LogP contribution in [0.3, 0.4) is 0 Å². The van der Waals surface area contributed by atoms with Crippen molar-refractivity contribution in [2.24, 2.45) is 0 Å². The first kappa shape index (κ1) is 42.5. The molecule has 0 aliphatic rings. The van der Waals surface area contributed by atoms with Crippen molar-refractivity contribution >= 4 is 65.4 Å². The van der Waals surface area contributed by atoms with E-state index in [1.807, 2.05) is 36.4 Å². The van der Waals surface area contributed by atoms with Crippen LogP contribution in [0.2, 0.25) is 0 Å². The Morgan fingerprint density at radius 1 is 0.213 bits per heavy atom. The Morgan fingerprint density at radius 2 is 0.587 bits per heavy atom. The molecular formula is C69H44N6. The standard InChI is InChI=1S/C69H44N6/c1-5-19-45(20-6-1)67-70-68(46-21-7-2-8-22-46)72-69(71-67)50-36-40-63(75-61-31-17-14-27-53(61)54-28-15-18-32-62(54)75)57(43-50)49-35-39-65-59(42-49)58-41-47(34-38-64(58)73(65)51-23-9-3-10-24-51)48-33-37-56-55-29-13-16-30-60(55)74(66(56)44-48)52-25-11-4-12-26-52/h1-44H. The van der Waals surface area contributed by atoms with Crippen LogP contribution in [0.5, 0.6) is 0 Å². The Bertz CT molecular complexity index is 4580. The maximum atomic E-state index is 5.21. The maximum absolute atomic E-state index is 5.21. The van der Waals surface area contributed by atoms with E-state index in [4.69, 9.17) is 15.0 Å². The molecule has 0 unspecified atom stereocenters. The fourth-order valence-corrected chi connectivity index (χ4v) is 11.5. The summed E-state index contributed by atoms with van der Waals surface area (Å²) in [6, 6.07) is 95.5. The predicted octanol–water partition coefficient (Wildman–Crippen LogP) is 17.5. The molecule has 0 saturated heterocycles. The summed E-state index contributed by atoms with van der Waals surface area (Å²) in [5.74, 6) is 1.85. The Kier molecular flexibility index (Phi) is 9.78. The number of hydrogen-bond acceptors (Lipinski definition) is 3. The highest BCUT2D eigenvalue weighted by molar-refractivity contribution is 6.14. The highest BCUT2D eigenvalue weighted by atomic mass is 15.0. The van der Waals surface area contributed by atoms with Gasteiger partial charge in [0, 0.05) is 65.9 Å². The number of para-hydroxylation sites is 5. The molecule has 0 amide bonds. The van der Waals surface area contributed by atoms with Gasteiger partial charge in [0.25, 0.3) is 0 Å². The number of fused-ring (bicyclic) bond motifs is 9. The van der Waals surface area contributed by atoms with Crippen LogP contribution in [0.1, 0.15) is 0 Å². The third-order valence-electron chi connectivity index (χ3n) is 14.9. The molecule has 0 radical (unpaired) electrons. The van der Waals surface area contributed by atoms with Crippen molar-refractivity contribution < 1.29 is 0 Å². The minimum atomic E-state index is 0.604. The Morgan fingerprint density at radius 3 is 1.13 bits per heavy atom. The fraction of sp³-hybridized carbons (Fsp3) is 0. The fourth-order valence-electron chi connectivity index (χ4n) is 11.5. The highest BCUT2D eigenvalue weighted by Crippen LogP contribution is 2.43. The number of benzene rings is 11. The van der Waals surface area contributed by atoms with Crippen molar-refractivity contribution in [3.63, 3.8) is 0 Å². The molecule has 75 heavy (non-hydrogen) atoms. The van der Waals surface area contributed by atoms with Crippen molar-refractivity contribution in [2.45, 2.75) is 0 Å². The second-order valence-electron chi connectivity index (χ2n) is 19.2. The van der Waals surface area contributed by atoms with Crippen LogP contribution in [0.25, 0.3) is 139 Å². The van der Waals surface area contributed by atoms with Gasteiger partial charge in [0.05, 0.1) is 38.8 Å². The van der Waals surface area contributed by atoms with E-state index in [1.165, 1.54) is 38.0 Å². The van der Waals surface area contributed by atoms with Crippen LogP contribution in [0, 0.1) is 0 Å². The number of nitrogens with zero attached hydrogens (tertiary/aromatic N) is 6. The number of rotatable bonds is 8. The third kappa shape index (κ3) is 6.99. The topological polar surface area (TPSA) is 53.5 Å². The summed E-state index contributed by atoms with van der Waals surface area (Å²) in [7, 11) is 0. The second-order valence-corrected chi connectivity index (χ2v) is 19.2. The van der Waals surface area contributed by atoms with Crippen LogP contribution in [-0.4, -0.2) is 28.7 Å². The molecule has 0 N–H and O–H groups in total. The number of aromatic nitrogens is 6. The Hall–Kier alpha value is -10.2. The molecule has 6 nitrogen and oxygen atoms in total. The lowest BCUT2D eigenvalue weighted by Crippen LogP contribution is -2.02. The zero-order valence-corrected chi connectivity index (χ0v) is 40.6. The van der Waals surface area contributed by atoms with Gasteiger partial charge in [0.1, 0.15) is 0 Å². The van der Waals surface area contributed by atoms with Gasteiger partial charge in [-0.15, -0.1) is 0 Å². The van der Waals surface area contributed by atoms with Gasteiger partial charge in [-0.3, -0.25) is 0 Å². The van der Waals surface area contributed by atoms with Crippen LogP contribution >= 0.6 is 0 Å². The van der Waals surface area contributed by atoms with Gasteiger partial charge >= 0.3 is 0 Å². The first-order valence-corrected chi connectivity index (χ1v) is 25.4. The summed E-state index contributed by atoms with van der Waals surface area (Å²) in [6.45, 7) is 0. The molecule has 0 atom stereocenters. The maximum Gasteiger partial charge on any atom is 0.164 e. The van der Waals surface area contributed by atoms with Crippen molar-refractivity contribution in [2.75, 3.05) is 0 Å². The van der Waals surface area contributed by atoms with E-state index in [2.05, 4.69) is 244 Å². The predicted molar refractivity (Wildman–Crippen MR) is 310 cm³/mol. The van der Waals surface area contributed by atoms with Crippen molar-refractivity contribution in [3.8, 4) is 73.5 Å². The van der Waals surface area contributed by atoms with Crippen LogP contribution in [0.4, 0.5) is 0 Å². The van der Waals surface area contributed by atoms with Gasteiger partial charge in [-0.25, -0.2) is 15.0 Å². The quantitative estimate of drug-likeness (QED) is 0.152. The van der Waals surface area contributed by atoms with Crippen LogP contribution < -0.4 is 0 Å². The normalized spacial score (nSPS) is 11.7. The largest absolute Gasteiger partial charge is 0.309 e. The molecular weight excluding hydrogens is 913 g/mol. The molecule has 6 heteroatoms. The van der Waals surface area contributed by atoms with Crippen LogP contribution in [0.15, 0.2) is 267 Å². The Labute approximate surface area is 432 Å². The second kappa shape index (κ2) is 17.3. The first-order chi connectivity index (χ1) is 37.2. The summed E-state index contributed by atoms with van der Waals surface area (Å²) in [5, 5.41) is 7.21. The third-order valence-corrected chi connectivity index (χ3v) is 14.9. The van der Waals surface area contributed by atoms with Gasteiger partial charge in [-0.05, 0) is 108 Å². The molecule has 0 bridgehead atoms. The van der Waals surface area contributed by atoms with E-state index in [0.717, 1.165) is 83.5 Å². The molecule has 4 heterocycles. The van der Waals surface area contributed by atoms with Crippen molar-refractivity contribution in [1.29, 1.82) is 0 Å². The highest BCUT2D eigenvalue weighted by Gasteiger charge is 2.22. The van der Waals surface area contributed by atoms with Gasteiger partial charge in [0.15, 0.2) is 17.5 Å². The van der Waals surface area contributed by atoms with Crippen molar-refractivity contribution in [1.82, 2.24) is 28.7 Å². The summed E-state index contributed by atoms with van der Waals surface area (Å²) in [5.41, 5.74) is 17.4. The molecule has 11 aromatic carbocycles. The molecule has 0 spiro atoms. The monoisotopic (exact) mass is 956 g/mol. The Balaban J connectivity index is 0.976. The van der Waals surface area contributed by atoms with Crippen molar-refractivity contribution in [3.05, 3.63) is 267 Å². The van der Waals surface area contributed by atoms with E-state index < -0.39 is 0 Å². The zero-order valence-electron chi connectivity index (χ0n) is 40.6. The molecule has 15 aromatic rings. The summed E-state index contributed by atoms with van der Waals surface area (Å²) < 4.78 is 7.22.